The van der Waals surface area contributed by atoms with Crippen molar-refractivity contribution in [2.75, 3.05) is 11.9 Å². The van der Waals surface area contributed by atoms with E-state index < -0.39 is 0 Å². The molecule has 0 saturated heterocycles. The fourth-order valence-corrected chi connectivity index (χ4v) is 2.17. The minimum absolute atomic E-state index is 0.0907. The smallest absolute Gasteiger partial charge is 0.0487 e. The Morgan fingerprint density at radius 2 is 1.81 bits per heavy atom. The van der Waals surface area contributed by atoms with Crippen LogP contribution in [0.4, 0.5) is 11.4 Å². The second-order valence-corrected chi connectivity index (χ2v) is 6.45. The van der Waals surface area contributed by atoms with Gasteiger partial charge in [-0.25, -0.2) is 0 Å². The van der Waals surface area contributed by atoms with E-state index in [0.717, 1.165) is 12.2 Å². The number of aromatic nitrogens is 1. The van der Waals surface area contributed by atoms with Crippen molar-refractivity contribution >= 4 is 11.4 Å². The van der Waals surface area contributed by atoms with Gasteiger partial charge in [0.15, 0.2) is 0 Å². The van der Waals surface area contributed by atoms with E-state index in [1.54, 1.807) is 0 Å². The van der Waals surface area contributed by atoms with E-state index in [1.807, 2.05) is 19.2 Å². The lowest BCUT2D eigenvalue weighted by molar-refractivity contribution is 0.424. The van der Waals surface area contributed by atoms with Crippen molar-refractivity contribution in [2.45, 2.75) is 39.8 Å². The summed E-state index contributed by atoms with van der Waals surface area (Å²) in [5.74, 6) is 0. The summed E-state index contributed by atoms with van der Waals surface area (Å²) in [5.41, 5.74) is 4.72. The Labute approximate surface area is 128 Å². The summed E-state index contributed by atoms with van der Waals surface area (Å²) in [5, 5.41) is 3.54. The van der Waals surface area contributed by atoms with E-state index in [9.17, 15) is 0 Å². The van der Waals surface area contributed by atoms with Crippen LogP contribution in [0.3, 0.4) is 0 Å². The van der Waals surface area contributed by atoms with Gasteiger partial charge in [-0.3, -0.25) is 4.98 Å². The third-order valence-corrected chi connectivity index (χ3v) is 3.41. The molecule has 2 rings (SSSR count). The van der Waals surface area contributed by atoms with Gasteiger partial charge in [-0.1, -0.05) is 18.2 Å². The first kappa shape index (κ1) is 15.5. The van der Waals surface area contributed by atoms with Crippen molar-refractivity contribution in [2.24, 2.45) is 0 Å². The third-order valence-electron chi connectivity index (χ3n) is 3.41. The molecule has 0 amide bonds. The highest BCUT2D eigenvalue weighted by Gasteiger charge is 2.14. The van der Waals surface area contributed by atoms with E-state index in [-0.39, 0.29) is 5.54 Å². The number of nitrogens with one attached hydrogen (secondary N) is 1. The van der Waals surface area contributed by atoms with Crippen LogP contribution in [0.2, 0.25) is 0 Å². The minimum atomic E-state index is 0.0907. The van der Waals surface area contributed by atoms with Crippen molar-refractivity contribution in [3.05, 3.63) is 53.9 Å². The predicted octanol–water partition coefficient (Wildman–Crippen LogP) is 4.05. The van der Waals surface area contributed by atoms with Crippen molar-refractivity contribution < 1.29 is 0 Å². The van der Waals surface area contributed by atoms with Gasteiger partial charge in [-0.05, 0) is 45.9 Å². The Morgan fingerprint density at radius 3 is 2.43 bits per heavy atom. The molecule has 1 aromatic carbocycles. The second kappa shape index (κ2) is 6.27. The number of hydrogen-bond acceptors (Lipinski definition) is 3. The number of para-hydroxylation sites is 1. The first-order valence-corrected chi connectivity index (χ1v) is 7.36. The Kier molecular flexibility index (Phi) is 4.63. The van der Waals surface area contributed by atoms with Gasteiger partial charge in [-0.2, -0.15) is 0 Å². The summed E-state index contributed by atoms with van der Waals surface area (Å²) < 4.78 is 0. The average Bonchev–Trinajstić information content (AvgIpc) is 2.45. The number of anilines is 2. The van der Waals surface area contributed by atoms with E-state index in [0.29, 0.717) is 0 Å². The monoisotopic (exact) mass is 283 g/mol. The summed E-state index contributed by atoms with van der Waals surface area (Å²) in [4.78, 5) is 6.67. The largest absolute Gasteiger partial charge is 0.344 e. The van der Waals surface area contributed by atoms with Crippen molar-refractivity contribution in [3.8, 4) is 0 Å². The summed E-state index contributed by atoms with van der Waals surface area (Å²) in [7, 11) is 2.10. The molecule has 0 radical (unpaired) electrons. The van der Waals surface area contributed by atoms with Gasteiger partial charge in [0.2, 0.25) is 0 Å². The Bertz CT molecular complexity index is 585. The van der Waals surface area contributed by atoms with Crippen LogP contribution in [0.5, 0.6) is 0 Å². The molecule has 1 N–H and O–H groups in total. The van der Waals surface area contributed by atoms with Crippen molar-refractivity contribution in [1.29, 1.82) is 0 Å². The molecule has 0 aliphatic rings. The molecule has 0 aliphatic carbocycles. The third kappa shape index (κ3) is 4.30. The molecule has 2 aromatic rings. The number of benzene rings is 1. The highest BCUT2D eigenvalue weighted by atomic mass is 15.1. The second-order valence-electron chi connectivity index (χ2n) is 6.45. The molecule has 0 unspecified atom stereocenters. The summed E-state index contributed by atoms with van der Waals surface area (Å²) in [6, 6.07) is 12.6. The molecule has 21 heavy (non-hydrogen) atoms. The SMILES string of the molecule is Cc1cc(N(C)c2ccccc2)c(CNC(C)(C)C)cn1. The van der Waals surface area contributed by atoms with Gasteiger partial charge in [0, 0.05) is 48.0 Å². The number of aryl methyl sites for hydroxylation is 1. The van der Waals surface area contributed by atoms with Crippen LogP contribution in [-0.2, 0) is 6.54 Å². The van der Waals surface area contributed by atoms with E-state index in [1.165, 1.54) is 16.9 Å². The lowest BCUT2D eigenvalue weighted by atomic mass is 10.1. The maximum absolute atomic E-state index is 4.45. The molecular formula is C18H25N3. The fraction of sp³-hybridized carbons (Fsp3) is 0.389. The molecule has 1 aromatic heterocycles. The molecule has 3 nitrogen and oxygen atoms in total. The number of pyridine rings is 1. The standard InChI is InChI=1S/C18H25N3/c1-14-11-17(21(5)16-9-7-6-8-10-16)15(12-19-14)13-20-18(2,3)4/h6-12,20H,13H2,1-5H3. The van der Waals surface area contributed by atoms with Crippen LogP contribution in [0.15, 0.2) is 42.6 Å². The Balaban J connectivity index is 2.31. The lowest BCUT2D eigenvalue weighted by Gasteiger charge is -2.26. The molecule has 3 heteroatoms. The van der Waals surface area contributed by atoms with Gasteiger partial charge in [0.1, 0.15) is 0 Å². The van der Waals surface area contributed by atoms with Crippen LogP contribution >= 0.6 is 0 Å². The molecule has 0 spiro atoms. The molecule has 112 valence electrons. The van der Waals surface area contributed by atoms with Gasteiger partial charge in [-0.15, -0.1) is 0 Å². The minimum Gasteiger partial charge on any atom is -0.344 e. The van der Waals surface area contributed by atoms with Crippen LogP contribution in [0.25, 0.3) is 0 Å². The topological polar surface area (TPSA) is 28.2 Å². The lowest BCUT2D eigenvalue weighted by Crippen LogP contribution is -2.35. The Morgan fingerprint density at radius 1 is 1.14 bits per heavy atom. The quantitative estimate of drug-likeness (QED) is 0.917. The van der Waals surface area contributed by atoms with E-state index in [4.69, 9.17) is 0 Å². The molecule has 0 atom stereocenters. The van der Waals surface area contributed by atoms with E-state index >= 15 is 0 Å². The first-order valence-electron chi connectivity index (χ1n) is 7.36. The van der Waals surface area contributed by atoms with Gasteiger partial charge in [0.25, 0.3) is 0 Å². The van der Waals surface area contributed by atoms with Gasteiger partial charge >= 0.3 is 0 Å². The van der Waals surface area contributed by atoms with Crippen LogP contribution in [0, 0.1) is 6.92 Å². The number of nitrogens with zero attached hydrogens (tertiary/aromatic N) is 2. The molecule has 0 saturated carbocycles. The fourth-order valence-electron chi connectivity index (χ4n) is 2.17. The average molecular weight is 283 g/mol. The molecule has 0 aliphatic heterocycles. The normalized spacial score (nSPS) is 11.5. The molecule has 0 fully saturated rings. The zero-order valence-electron chi connectivity index (χ0n) is 13.6. The van der Waals surface area contributed by atoms with Crippen LogP contribution in [-0.4, -0.2) is 17.6 Å². The highest BCUT2D eigenvalue weighted by Crippen LogP contribution is 2.27. The molecule has 1 heterocycles. The van der Waals surface area contributed by atoms with Crippen LogP contribution < -0.4 is 10.2 Å². The number of rotatable bonds is 4. The zero-order chi connectivity index (χ0) is 15.5. The molecule has 0 bridgehead atoms. The van der Waals surface area contributed by atoms with Gasteiger partial charge < -0.3 is 10.2 Å². The van der Waals surface area contributed by atoms with E-state index in [2.05, 4.69) is 73.4 Å². The summed E-state index contributed by atoms with van der Waals surface area (Å²) >= 11 is 0. The first-order chi connectivity index (χ1) is 9.87. The number of hydrogen-bond donors (Lipinski definition) is 1. The maximum atomic E-state index is 4.45. The van der Waals surface area contributed by atoms with Crippen molar-refractivity contribution in [1.82, 2.24) is 10.3 Å². The highest BCUT2D eigenvalue weighted by molar-refractivity contribution is 5.65. The van der Waals surface area contributed by atoms with Gasteiger partial charge in [0.05, 0.1) is 0 Å². The van der Waals surface area contributed by atoms with Crippen LogP contribution in [0.1, 0.15) is 32.0 Å². The summed E-state index contributed by atoms with van der Waals surface area (Å²) in [6.45, 7) is 9.37. The predicted molar refractivity (Wildman–Crippen MR) is 90.1 cm³/mol. The Hall–Kier alpha value is -1.87. The maximum Gasteiger partial charge on any atom is 0.0487 e. The summed E-state index contributed by atoms with van der Waals surface area (Å²) in [6.07, 6.45) is 1.98. The van der Waals surface area contributed by atoms with Crippen molar-refractivity contribution in [3.63, 3.8) is 0 Å². The zero-order valence-corrected chi connectivity index (χ0v) is 13.6. The molecular weight excluding hydrogens is 258 g/mol.